The van der Waals surface area contributed by atoms with Gasteiger partial charge in [0.25, 0.3) is 0 Å². The predicted octanol–water partition coefficient (Wildman–Crippen LogP) is 8.09. The molecule has 4 aromatic carbocycles. The van der Waals surface area contributed by atoms with Crippen molar-refractivity contribution >= 4 is 35.0 Å². The molecule has 54 heavy (non-hydrogen) atoms. The molecule has 6 rings (SSSR count). The van der Waals surface area contributed by atoms with Crippen molar-refractivity contribution in [2.75, 3.05) is 16.8 Å². The zero-order valence-corrected chi connectivity index (χ0v) is 31.5. The molecule has 0 saturated carbocycles. The summed E-state index contributed by atoms with van der Waals surface area (Å²) in [5.74, 6) is 0.697. The summed E-state index contributed by atoms with van der Waals surface area (Å²) in [6.45, 7) is 0.430. The van der Waals surface area contributed by atoms with E-state index in [1.807, 2.05) is 72.4 Å². The number of anilines is 2. The van der Waals surface area contributed by atoms with E-state index in [9.17, 15) is 14.7 Å². The molecule has 5 aromatic rings. The summed E-state index contributed by atoms with van der Waals surface area (Å²) >= 11 is 1.67. The SMILES string of the molecule is Cn1ccnc1SC[C@@H]1C[C@H](c2ccc(CO)cc2)O[C@H](c2ccc(-c3ccccc3CNC(=O)CCCCCCC(=O)Nc3ccccc3N)cc2)O1. The Hall–Kier alpha value is -4.94. The lowest BCUT2D eigenvalue weighted by atomic mass is 9.97. The van der Waals surface area contributed by atoms with Gasteiger partial charge in [0, 0.05) is 56.6 Å². The van der Waals surface area contributed by atoms with Crippen molar-refractivity contribution in [1.82, 2.24) is 14.9 Å². The van der Waals surface area contributed by atoms with Gasteiger partial charge in [-0.25, -0.2) is 4.98 Å². The van der Waals surface area contributed by atoms with Crippen molar-refractivity contribution in [1.29, 1.82) is 0 Å². The average molecular weight is 748 g/mol. The van der Waals surface area contributed by atoms with E-state index in [0.29, 0.717) is 37.2 Å². The van der Waals surface area contributed by atoms with Crippen LogP contribution in [0, 0.1) is 0 Å². The van der Waals surface area contributed by atoms with Crippen molar-refractivity contribution in [2.45, 2.75) is 81.8 Å². The summed E-state index contributed by atoms with van der Waals surface area (Å²) in [4.78, 5) is 29.5. The molecule has 1 aliphatic heterocycles. The Morgan fingerprint density at radius 3 is 2.30 bits per heavy atom. The fraction of sp³-hybridized carbons (Fsp3) is 0.326. The second-order valence-corrected chi connectivity index (χ2v) is 14.6. The number of nitrogens with two attached hydrogens (primary N) is 1. The van der Waals surface area contributed by atoms with Crippen molar-refractivity contribution in [3.05, 3.63) is 132 Å². The van der Waals surface area contributed by atoms with Gasteiger partial charge in [0.05, 0.1) is 30.2 Å². The number of ether oxygens (including phenoxy) is 2. The number of aryl methyl sites for hydroxylation is 1. The van der Waals surface area contributed by atoms with Crippen LogP contribution in [0.2, 0.25) is 0 Å². The minimum absolute atomic E-state index is 0.000722. The van der Waals surface area contributed by atoms with Crippen molar-refractivity contribution in [3.63, 3.8) is 0 Å². The number of unbranched alkanes of at least 4 members (excludes halogenated alkanes) is 3. The molecule has 1 aliphatic rings. The van der Waals surface area contributed by atoms with E-state index in [4.69, 9.17) is 15.2 Å². The molecule has 0 radical (unpaired) electrons. The molecule has 2 amide bonds. The second-order valence-electron chi connectivity index (χ2n) is 13.6. The molecule has 282 valence electrons. The van der Waals surface area contributed by atoms with E-state index in [1.165, 1.54) is 0 Å². The lowest BCUT2D eigenvalue weighted by Gasteiger charge is -2.36. The first-order chi connectivity index (χ1) is 26.4. The lowest BCUT2D eigenvalue weighted by Crippen LogP contribution is -2.31. The number of aromatic nitrogens is 2. The number of amides is 2. The molecule has 0 bridgehead atoms. The maximum absolute atomic E-state index is 12.7. The fourth-order valence-corrected chi connectivity index (χ4v) is 7.44. The van der Waals surface area contributed by atoms with Crippen LogP contribution < -0.4 is 16.4 Å². The van der Waals surface area contributed by atoms with Gasteiger partial charge in [-0.2, -0.15) is 0 Å². The number of carbonyl (C=O) groups is 2. The largest absolute Gasteiger partial charge is 0.397 e. The third kappa shape index (κ3) is 10.8. The molecule has 0 spiro atoms. The van der Waals surface area contributed by atoms with E-state index in [1.54, 1.807) is 30.1 Å². The van der Waals surface area contributed by atoms with Gasteiger partial charge in [-0.05, 0) is 52.8 Å². The molecule has 5 N–H and O–H groups in total. The predicted molar refractivity (Wildman–Crippen MR) is 213 cm³/mol. The Morgan fingerprint density at radius 1 is 0.870 bits per heavy atom. The molecule has 3 atom stereocenters. The number of nitrogens with one attached hydrogen (secondary N) is 2. The number of carbonyl (C=O) groups excluding carboxylic acids is 2. The van der Waals surface area contributed by atoms with Gasteiger partial charge in [-0.15, -0.1) is 0 Å². The Morgan fingerprint density at radius 2 is 1.57 bits per heavy atom. The average Bonchev–Trinajstić information content (AvgIpc) is 3.62. The number of para-hydroxylation sites is 2. The Balaban J connectivity index is 1.00. The van der Waals surface area contributed by atoms with Gasteiger partial charge >= 0.3 is 0 Å². The quantitative estimate of drug-likeness (QED) is 0.0425. The first-order valence-electron chi connectivity index (χ1n) is 18.6. The van der Waals surface area contributed by atoms with Crippen LogP contribution in [0.5, 0.6) is 0 Å². The van der Waals surface area contributed by atoms with E-state index >= 15 is 0 Å². The maximum atomic E-state index is 12.7. The third-order valence-electron chi connectivity index (χ3n) is 9.57. The van der Waals surface area contributed by atoms with Crippen LogP contribution in [0.15, 0.2) is 115 Å². The van der Waals surface area contributed by atoms with Gasteiger partial charge in [0.1, 0.15) is 0 Å². The standard InChI is InChI=1S/C43H49N5O5S/c1-48-25-24-45-43(48)54-29-35-26-39(32-18-16-30(28-49)17-19-32)53-42(52-35)33-22-20-31(21-23-33)36-11-7-6-10-34(36)27-46-40(50)14-4-2-3-5-15-41(51)47-38-13-9-8-12-37(38)44/h6-13,16-25,35,39,42,49H,2-5,14-15,26-29,44H2,1H3,(H,46,50)(H,47,51)/t35-,39+,42+/m0/s1. The summed E-state index contributed by atoms with van der Waals surface area (Å²) in [6, 6.07) is 31.5. The summed E-state index contributed by atoms with van der Waals surface area (Å²) in [5, 5.41) is 16.4. The third-order valence-corrected chi connectivity index (χ3v) is 10.8. The molecule has 0 aliphatic carbocycles. The summed E-state index contributed by atoms with van der Waals surface area (Å²) in [6.07, 6.45) is 7.81. The van der Waals surface area contributed by atoms with E-state index in [2.05, 4.69) is 45.9 Å². The number of hydrogen-bond acceptors (Lipinski definition) is 8. The van der Waals surface area contributed by atoms with Crippen LogP contribution in [0.4, 0.5) is 11.4 Å². The smallest absolute Gasteiger partial charge is 0.224 e. The Kier molecular flexibility index (Phi) is 13.9. The zero-order valence-electron chi connectivity index (χ0n) is 30.7. The van der Waals surface area contributed by atoms with E-state index in [-0.39, 0.29) is 30.6 Å². The Labute approximate surface area is 321 Å². The molecule has 2 heterocycles. The molecule has 1 fully saturated rings. The Bertz CT molecular complexity index is 1970. The summed E-state index contributed by atoms with van der Waals surface area (Å²) in [7, 11) is 1.99. The van der Waals surface area contributed by atoms with Crippen molar-refractivity contribution in [3.8, 4) is 11.1 Å². The molecule has 11 heteroatoms. The molecule has 1 aromatic heterocycles. The highest BCUT2D eigenvalue weighted by atomic mass is 32.2. The molecular weight excluding hydrogens is 699 g/mol. The number of imidazole rings is 1. The fourth-order valence-electron chi connectivity index (χ4n) is 6.49. The lowest BCUT2D eigenvalue weighted by molar-refractivity contribution is -0.245. The molecular formula is C43H49N5O5S. The van der Waals surface area contributed by atoms with E-state index < -0.39 is 6.29 Å². The number of nitrogen functional groups attached to an aromatic ring is 1. The number of thioether (sulfide) groups is 1. The van der Waals surface area contributed by atoms with Gasteiger partial charge in [-0.1, -0.05) is 110 Å². The first-order valence-corrected chi connectivity index (χ1v) is 19.5. The topological polar surface area (TPSA) is 141 Å². The van der Waals surface area contributed by atoms with Crippen LogP contribution in [-0.2, 0) is 39.3 Å². The number of benzene rings is 4. The number of rotatable bonds is 17. The van der Waals surface area contributed by atoms with Crippen LogP contribution in [0.1, 0.15) is 79.6 Å². The van der Waals surface area contributed by atoms with E-state index in [0.717, 1.165) is 70.0 Å². The number of aliphatic hydroxyl groups is 1. The normalized spacial score (nSPS) is 16.9. The second kappa shape index (κ2) is 19.4. The number of aliphatic hydroxyl groups excluding tert-OH is 1. The molecule has 0 unspecified atom stereocenters. The zero-order chi connectivity index (χ0) is 37.7. The first kappa shape index (κ1) is 38.8. The summed E-state index contributed by atoms with van der Waals surface area (Å²) < 4.78 is 15.1. The number of nitrogens with zero attached hydrogens (tertiary/aromatic N) is 2. The van der Waals surface area contributed by atoms with Gasteiger partial charge in [0.2, 0.25) is 11.8 Å². The minimum Gasteiger partial charge on any atom is -0.397 e. The highest BCUT2D eigenvalue weighted by molar-refractivity contribution is 7.99. The van der Waals surface area contributed by atoms with Crippen LogP contribution >= 0.6 is 11.8 Å². The monoisotopic (exact) mass is 747 g/mol. The van der Waals surface area contributed by atoms with Crippen LogP contribution in [-0.4, -0.2) is 38.3 Å². The maximum Gasteiger partial charge on any atom is 0.224 e. The summed E-state index contributed by atoms with van der Waals surface area (Å²) in [5.41, 5.74) is 13.1. The highest BCUT2D eigenvalue weighted by Crippen LogP contribution is 2.40. The minimum atomic E-state index is -0.553. The van der Waals surface area contributed by atoms with Gasteiger partial charge < -0.3 is 35.5 Å². The van der Waals surface area contributed by atoms with Crippen LogP contribution in [0.3, 0.4) is 0 Å². The van der Waals surface area contributed by atoms with Gasteiger partial charge in [0.15, 0.2) is 11.4 Å². The molecule has 10 nitrogen and oxygen atoms in total. The number of hydrogen-bond donors (Lipinski definition) is 4. The molecule has 1 saturated heterocycles. The highest BCUT2D eigenvalue weighted by Gasteiger charge is 2.32. The van der Waals surface area contributed by atoms with Crippen molar-refractivity contribution in [2.24, 2.45) is 7.05 Å². The van der Waals surface area contributed by atoms with Gasteiger partial charge in [-0.3, -0.25) is 9.59 Å². The van der Waals surface area contributed by atoms with Crippen LogP contribution in [0.25, 0.3) is 11.1 Å². The van der Waals surface area contributed by atoms with Crippen molar-refractivity contribution < 1.29 is 24.2 Å².